The molecule has 7 heteroatoms. The van der Waals surface area contributed by atoms with E-state index in [2.05, 4.69) is 10.4 Å². The van der Waals surface area contributed by atoms with E-state index in [4.69, 9.17) is 4.74 Å². The predicted molar refractivity (Wildman–Crippen MR) is 108 cm³/mol. The molecule has 1 amide bonds. The van der Waals surface area contributed by atoms with Gasteiger partial charge in [0.2, 0.25) is 0 Å². The van der Waals surface area contributed by atoms with Crippen LogP contribution in [0.3, 0.4) is 0 Å². The van der Waals surface area contributed by atoms with Gasteiger partial charge in [-0.15, -0.1) is 11.3 Å². The number of nitrogens with zero attached hydrogens (tertiary/aromatic N) is 2. The average Bonchev–Trinajstić information content (AvgIpc) is 3.28. The van der Waals surface area contributed by atoms with Crippen LogP contribution in [0, 0.1) is 12.7 Å². The molecule has 0 aliphatic rings. The van der Waals surface area contributed by atoms with Crippen LogP contribution in [-0.2, 0) is 6.54 Å². The Bertz CT molecular complexity index is 1150. The number of thiophene rings is 1. The van der Waals surface area contributed by atoms with Gasteiger partial charge >= 0.3 is 0 Å². The number of fused-ring (bicyclic) bond motifs is 1. The molecule has 0 spiro atoms. The van der Waals surface area contributed by atoms with Crippen LogP contribution in [0.2, 0.25) is 0 Å². The van der Waals surface area contributed by atoms with E-state index in [0.29, 0.717) is 11.4 Å². The van der Waals surface area contributed by atoms with Gasteiger partial charge in [-0.05, 0) is 55.0 Å². The second kappa shape index (κ2) is 7.44. The lowest BCUT2D eigenvalue weighted by Gasteiger charge is -2.06. The Kier molecular flexibility index (Phi) is 4.83. The highest BCUT2D eigenvalue weighted by molar-refractivity contribution is 7.20. The topological polar surface area (TPSA) is 56.1 Å². The third-order valence-corrected chi connectivity index (χ3v) is 5.54. The quantitative estimate of drug-likeness (QED) is 0.542. The summed E-state index contributed by atoms with van der Waals surface area (Å²) in [4.78, 5) is 14.1. The molecule has 0 radical (unpaired) electrons. The van der Waals surface area contributed by atoms with Crippen molar-refractivity contribution in [3.05, 3.63) is 76.5 Å². The zero-order chi connectivity index (χ0) is 19.7. The van der Waals surface area contributed by atoms with Crippen LogP contribution in [-0.4, -0.2) is 22.8 Å². The molecule has 0 bridgehead atoms. The van der Waals surface area contributed by atoms with Crippen LogP contribution in [0.1, 0.15) is 20.9 Å². The van der Waals surface area contributed by atoms with Crippen LogP contribution < -0.4 is 10.1 Å². The Labute approximate surface area is 165 Å². The minimum Gasteiger partial charge on any atom is -0.497 e. The molecule has 0 atom stereocenters. The standard InChI is InChI=1S/C21H18FN3O2S/c1-13-18-11-19(20(26)23-12-14-4-3-5-17(10-14)27-2)28-21(18)25(24-13)16-8-6-15(22)7-9-16/h3-11H,12H2,1-2H3,(H,23,26). The molecule has 5 nitrogen and oxygen atoms in total. The Balaban J connectivity index is 1.58. The van der Waals surface area contributed by atoms with Crippen LogP contribution in [0.4, 0.5) is 4.39 Å². The normalized spacial score (nSPS) is 11.0. The number of methoxy groups -OCH3 is 1. The minimum absolute atomic E-state index is 0.144. The number of ether oxygens (including phenoxy) is 1. The first-order chi connectivity index (χ1) is 13.5. The highest BCUT2D eigenvalue weighted by atomic mass is 32.1. The highest BCUT2D eigenvalue weighted by Gasteiger charge is 2.17. The number of aromatic nitrogens is 2. The number of carbonyl (C=O) groups is 1. The molecule has 0 saturated heterocycles. The van der Waals surface area contributed by atoms with Crippen LogP contribution in [0.25, 0.3) is 15.9 Å². The number of carbonyl (C=O) groups excluding carboxylic acids is 1. The van der Waals surface area contributed by atoms with Gasteiger partial charge in [0.15, 0.2) is 0 Å². The van der Waals surface area contributed by atoms with Crippen molar-refractivity contribution in [2.45, 2.75) is 13.5 Å². The largest absolute Gasteiger partial charge is 0.497 e. The maximum atomic E-state index is 13.2. The Morgan fingerprint density at radius 1 is 1.21 bits per heavy atom. The van der Waals surface area contributed by atoms with E-state index < -0.39 is 0 Å². The van der Waals surface area contributed by atoms with E-state index in [1.165, 1.54) is 23.5 Å². The molecule has 0 aliphatic heterocycles. The first-order valence-corrected chi connectivity index (χ1v) is 9.53. The van der Waals surface area contributed by atoms with E-state index in [1.54, 1.807) is 23.9 Å². The van der Waals surface area contributed by atoms with E-state index in [-0.39, 0.29) is 11.7 Å². The fourth-order valence-corrected chi connectivity index (χ4v) is 4.07. The molecule has 28 heavy (non-hydrogen) atoms. The first-order valence-electron chi connectivity index (χ1n) is 8.71. The SMILES string of the molecule is COc1cccc(CNC(=O)c2cc3c(C)nn(-c4ccc(F)cc4)c3s2)c1. The fourth-order valence-electron chi connectivity index (χ4n) is 2.97. The van der Waals surface area contributed by atoms with E-state index in [9.17, 15) is 9.18 Å². The second-order valence-corrected chi connectivity index (χ2v) is 7.37. The lowest BCUT2D eigenvalue weighted by molar-refractivity contribution is 0.0955. The monoisotopic (exact) mass is 395 g/mol. The smallest absolute Gasteiger partial charge is 0.261 e. The summed E-state index contributed by atoms with van der Waals surface area (Å²) < 4.78 is 20.2. The van der Waals surface area contributed by atoms with Gasteiger partial charge in [0.25, 0.3) is 5.91 Å². The first kappa shape index (κ1) is 18.2. The van der Waals surface area contributed by atoms with Gasteiger partial charge in [-0.3, -0.25) is 4.79 Å². The third-order valence-electron chi connectivity index (χ3n) is 4.43. The average molecular weight is 395 g/mol. The van der Waals surface area contributed by atoms with Crippen LogP contribution in [0.5, 0.6) is 5.75 Å². The number of hydrogen-bond acceptors (Lipinski definition) is 4. The molecule has 2 heterocycles. The molecular weight excluding hydrogens is 377 g/mol. The minimum atomic E-state index is -0.298. The molecule has 0 unspecified atom stereocenters. The number of amides is 1. The van der Waals surface area contributed by atoms with Gasteiger partial charge in [-0.2, -0.15) is 5.10 Å². The summed E-state index contributed by atoms with van der Waals surface area (Å²) >= 11 is 1.36. The Hall–Kier alpha value is -3.19. The maximum absolute atomic E-state index is 13.2. The maximum Gasteiger partial charge on any atom is 0.261 e. The van der Waals surface area contributed by atoms with E-state index >= 15 is 0 Å². The summed E-state index contributed by atoms with van der Waals surface area (Å²) in [7, 11) is 1.61. The van der Waals surface area contributed by atoms with Gasteiger partial charge in [0.1, 0.15) is 16.4 Å². The van der Waals surface area contributed by atoms with E-state index in [0.717, 1.165) is 32.9 Å². The van der Waals surface area contributed by atoms with Gasteiger partial charge in [-0.1, -0.05) is 12.1 Å². The number of rotatable bonds is 5. The molecular formula is C21H18FN3O2S. The summed E-state index contributed by atoms with van der Waals surface area (Å²) in [6, 6.07) is 15.6. The van der Waals surface area contributed by atoms with Crippen molar-refractivity contribution in [3.63, 3.8) is 0 Å². The highest BCUT2D eigenvalue weighted by Crippen LogP contribution is 2.30. The number of hydrogen-bond donors (Lipinski definition) is 1. The van der Waals surface area contributed by atoms with Crippen molar-refractivity contribution in [1.82, 2.24) is 15.1 Å². The van der Waals surface area contributed by atoms with Gasteiger partial charge in [0, 0.05) is 11.9 Å². The molecule has 4 aromatic rings. The lowest BCUT2D eigenvalue weighted by atomic mass is 10.2. The molecule has 4 rings (SSSR count). The van der Waals surface area contributed by atoms with E-state index in [1.807, 2.05) is 37.3 Å². The summed E-state index contributed by atoms with van der Waals surface area (Å²) in [5.74, 6) is 0.311. The van der Waals surface area contributed by atoms with Crippen molar-refractivity contribution in [2.75, 3.05) is 7.11 Å². The molecule has 2 aromatic carbocycles. The summed E-state index contributed by atoms with van der Waals surface area (Å²) in [6.07, 6.45) is 0. The molecule has 0 saturated carbocycles. The zero-order valence-electron chi connectivity index (χ0n) is 15.4. The Morgan fingerprint density at radius 3 is 2.75 bits per heavy atom. The van der Waals surface area contributed by atoms with Gasteiger partial charge in [-0.25, -0.2) is 9.07 Å². The summed E-state index contributed by atoms with van der Waals surface area (Å²) in [6.45, 7) is 2.31. The number of halogens is 1. The lowest BCUT2D eigenvalue weighted by Crippen LogP contribution is -2.21. The van der Waals surface area contributed by atoms with Crippen molar-refractivity contribution in [3.8, 4) is 11.4 Å². The van der Waals surface area contributed by atoms with Gasteiger partial charge < -0.3 is 10.1 Å². The van der Waals surface area contributed by atoms with Gasteiger partial charge in [0.05, 0.1) is 23.4 Å². The Morgan fingerprint density at radius 2 is 2.00 bits per heavy atom. The fraction of sp³-hybridized carbons (Fsp3) is 0.143. The molecule has 0 fully saturated rings. The summed E-state index contributed by atoms with van der Waals surface area (Å²) in [5.41, 5.74) is 2.54. The molecule has 142 valence electrons. The zero-order valence-corrected chi connectivity index (χ0v) is 16.2. The molecule has 1 N–H and O–H groups in total. The third kappa shape index (κ3) is 3.48. The molecule has 2 aromatic heterocycles. The second-order valence-electron chi connectivity index (χ2n) is 6.34. The van der Waals surface area contributed by atoms with Crippen molar-refractivity contribution < 1.29 is 13.9 Å². The van der Waals surface area contributed by atoms with Crippen LogP contribution in [0.15, 0.2) is 54.6 Å². The summed E-state index contributed by atoms with van der Waals surface area (Å²) in [5, 5.41) is 8.38. The van der Waals surface area contributed by atoms with Crippen molar-refractivity contribution in [1.29, 1.82) is 0 Å². The number of aryl methyl sites for hydroxylation is 1. The number of nitrogens with one attached hydrogen (secondary N) is 1. The van der Waals surface area contributed by atoms with Crippen LogP contribution >= 0.6 is 11.3 Å². The molecule has 0 aliphatic carbocycles. The predicted octanol–water partition coefficient (Wildman–Crippen LogP) is 4.47. The number of benzene rings is 2. The van der Waals surface area contributed by atoms with Crippen molar-refractivity contribution in [2.24, 2.45) is 0 Å². The van der Waals surface area contributed by atoms with Crippen molar-refractivity contribution >= 4 is 27.5 Å².